The Morgan fingerprint density at radius 3 is 2.85 bits per heavy atom. The normalized spacial score (nSPS) is 9.60. The van der Waals surface area contributed by atoms with Gasteiger partial charge in [0.05, 0.1) is 4.47 Å². The number of nitrogens with zero attached hydrogens (tertiary/aromatic N) is 4. The quantitative estimate of drug-likeness (QED) is 0.621. The minimum Gasteiger partial charge on any atom is -0.449 e. The first-order chi connectivity index (χ1) is 9.62. The minimum atomic E-state index is -0.0189. The van der Waals surface area contributed by atoms with Gasteiger partial charge >= 0.3 is 0 Å². The molecule has 0 radical (unpaired) electrons. The van der Waals surface area contributed by atoms with Gasteiger partial charge in [-0.25, -0.2) is 9.97 Å². The number of allylic oxidation sites excluding steroid dienone is 1. The maximum Gasteiger partial charge on any atom is 0.195 e. The van der Waals surface area contributed by atoms with Gasteiger partial charge in [-0.3, -0.25) is 0 Å². The number of rotatable bonds is 3. The summed E-state index contributed by atoms with van der Waals surface area (Å²) in [7, 11) is 0. The number of aryl methyl sites for hydroxylation is 1. The molecule has 98 valence electrons. The molecule has 0 saturated carbocycles. The molecule has 0 spiro atoms. The molecule has 0 aromatic carbocycles. The highest BCUT2D eigenvalue weighted by molar-refractivity contribution is 9.10. The second kappa shape index (κ2) is 6.38. The Hall–Kier alpha value is -2.09. The maximum absolute atomic E-state index is 8.71. The second-order valence-electron chi connectivity index (χ2n) is 3.65. The van der Waals surface area contributed by atoms with Crippen molar-refractivity contribution in [2.24, 2.45) is 0 Å². The minimum absolute atomic E-state index is 0.0189. The smallest absolute Gasteiger partial charge is 0.195 e. The van der Waals surface area contributed by atoms with Crippen LogP contribution in [0.25, 0.3) is 6.08 Å². The fraction of sp³-hybridized carbons (Fsp3) is 0.0769. The van der Waals surface area contributed by atoms with Gasteiger partial charge in [0.15, 0.2) is 10.2 Å². The van der Waals surface area contributed by atoms with Crippen LogP contribution >= 0.6 is 27.7 Å². The van der Waals surface area contributed by atoms with Crippen molar-refractivity contribution in [3.8, 4) is 12.1 Å². The van der Waals surface area contributed by atoms with Crippen LogP contribution in [0, 0.1) is 29.6 Å². The van der Waals surface area contributed by atoms with Gasteiger partial charge in [-0.2, -0.15) is 10.5 Å². The summed E-state index contributed by atoms with van der Waals surface area (Å²) >= 11 is 4.62. The van der Waals surface area contributed by atoms with Crippen molar-refractivity contribution >= 4 is 33.8 Å². The molecular weight excluding hydrogens is 340 g/mol. The van der Waals surface area contributed by atoms with E-state index >= 15 is 0 Å². The fourth-order valence-corrected chi connectivity index (χ4v) is 2.61. The van der Waals surface area contributed by atoms with Crippen molar-refractivity contribution in [1.82, 2.24) is 9.97 Å². The molecule has 20 heavy (non-hydrogen) atoms. The third-order valence-corrected chi connectivity index (χ3v) is 3.88. The summed E-state index contributed by atoms with van der Waals surface area (Å²) in [5.74, 6) is 0.421. The second-order valence-corrected chi connectivity index (χ2v) is 5.44. The van der Waals surface area contributed by atoms with Crippen LogP contribution in [0.4, 0.5) is 0 Å². The summed E-state index contributed by atoms with van der Waals surface area (Å²) in [6, 6.07) is 7.05. The van der Waals surface area contributed by atoms with E-state index in [0.717, 1.165) is 5.69 Å². The van der Waals surface area contributed by atoms with E-state index in [4.69, 9.17) is 14.9 Å². The number of halogens is 1. The summed E-state index contributed by atoms with van der Waals surface area (Å²) in [5, 5.41) is 18.6. The highest BCUT2D eigenvalue weighted by atomic mass is 79.9. The van der Waals surface area contributed by atoms with E-state index < -0.39 is 0 Å². The van der Waals surface area contributed by atoms with E-state index in [9.17, 15) is 0 Å². The highest BCUT2D eigenvalue weighted by Crippen LogP contribution is 2.34. The molecule has 2 heterocycles. The third kappa shape index (κ3) is 3.47. The van der Waals surface area contributed by atoms with Crippen molar-refractivity contribution in [3.63, 3.8) is 0 Å². The number of hydrogen-bond acceptors (Lipinski definition) is 6. The molecular formula is C13H7BrN4OS. The van der Waals surface area contributed by atoms with Gasteiger partial charge in [-0.15, -0.1) is 0 Å². The van der Waals surface area contributed by atoms with Crippen LogP contribution in [-0.2, 0) is 0 Å². The van der Waals surface area contributed by atoms with Crippen LogP contribution in [0.15, 0.2) is 43.0 Å². The lowest BCUT2D eigenvalue weighted by Gasteiger charge is -1.97. The van der Waals surface area contributed by atoms with E-state index in [2.05, 4.69) is 25.9 Å². The summed E-state index contributed by atoms with van der Waals surface area (Å²) in [5.41, 5.74) is 0.844. The predicted molar refractivity (Wildman–Crippen MR) is 76.5 cm³/mol. The number of nitriles is 2. The van der Waals surface area contributed by atoms with Crippen LogP contribution in [0.1, 0.15) is 11.5 Å². The molecule has 5 nitrogen and oxygen atoms in total. The average molecular weight is 347 g/mol. The SMILES string of the molecule is Cc1ccnc(Sc2oc(C=C(C#N)C#N)cc2Br)n1. The maximum atomic E-state index is 8.71. The van der Waals surface area contributed by atoms with Gasteiger partial charge in [-0.05, 0) is 46.7 Å². The van der Waals surface area contributed by atoms with Crippen molar-refractivity contribution < 1.29 is 4.42 Å². The first kappa shape index (κ1) is 14.3. The molecule has 0 saturated heterocycles. The molecule has 0 aliphatic carbocycles. The van der Waals surface area contributed by atoms with Gasteiger partial charge in [0.2, 0.25) is 0 Å². The van der Waals surface area contributed by atoms with Crippen LogP contribution in [0.3, 0.4) is 0 Å². The lowest BCUT2D eigenvalue weighted by Crippen LogP contribution is -1.87. The summed E-state index contributed by atoms with van der Waals surface area (Å²) in [4.78, 5) is 8.39. The van der Waals surface area contributed by atoms with Crippen LogP contribution in [0.5, 0.6) is 0 Å². The Morgan fingerprint density at radius 2 is 2.20 bits per heavy atom. The van der Waals surface area contributed by atoms with E-state index in [1.807, 2.05) is 13.0 Å². The van der Waals surface area contributed by atoms with Crippen molar-refractivity contribution in [2.45, 2.75) is 17.2 Å². The van der Waals surface area contributed by atoms with Crippen molar-refractivity contribution in [1.29, 1.82) is 10.5 Å². The molecule has 0 amide bonds. The zero-order chi connectivity index (χ0) is 14.5. The molecule has 0 bridgehead atoms. The third-order valence-electron chi connectivity index (χ3n) is 2.16. The zero-order valence-electron chi connectivity index (χ0n) is 10.3. The van der Waals surface area contributed by atoms with Gasteiger partial charge in [-0.1, -0.05) is 0 Å². The van der Waals surface area contributed by atoms with Gasteiger partial charge in [0.25, 0.3) is 0 Å². The van der Waals surface area contributed by atoms with Crippen molar-refractivity contribution in [3.05, 3.63) is 39.8 Å². The predicted octanol–water partition coefficient (Wildman–Crippen LogP) is 3.72. The lowest BCUT2D eigenvalue weighted by atomic mass is 10.3. The number of aromatic nitrogens is 2. The Kier molecular flexibility index (Phi) is 4.57. The van der Waals surface area contributed by atoms with E-state index in [1.165, 1.54) is 17.8 Å². The molecule has 0 fully saturated rings. The largest absolute Gasteiger partial charge is 0.449 e. The van der Waals surface area contributed by atoms with Gasteiger partial charge in [0, 0.05) is 18.0 Å². The fourth-order valence-electron chi connectivity index (χ4n) is 1.30. The lowest BCUT2D eigenvalue weighted by molar-refractivity contribution is 0.463. The van der Waals surface area contributed by atoms with E-state index in [1.54, 1.807) is 24.4 Å². The molecule has 2 aromatic heterocycles. The average Bonchev–Trinajstić information content (AvgIpc) is 2.76. The molecule has 7 heteroatoms. The van der Waals surface area contributed by atoms with Crippen LogP contribution in [0.2, 0.25) is 0 Å². The molecule has 0 aliphatic rings. The molecule has 0 N–H and O–H groups in total. The molecule has 0 unspecified atom stereocenters. The van der Waals surface area contributed by atoms with E-state index in [-0.39, 0.29) is 5.57 Å². The topological polar surface area (TPSA) is 86.5 Å². The van der Waals surface area contributed by atoms with Crippen LogP contribution in [-0.4, -0.2) is 9.97 Å². The molecule has 2 rings (SSSR count). The summed E-state index contributed by atoms with van der Waals surface area (Å²) < 4.78 is 6.27. The summed E-state index contributed by atoms with van der Waals surface area (Å²) in [6.07, 6.45) is 3.05. The Bertz CT molecular complexity index is 738. The van der Waals surface area contributed by atoms with Crippen LogP contribution < -0.4 is 0 Å². The Balaban J connectivity index is 2.27. The molecule has 0 atom stereocenters. The first-order valence-electron chi connectivity index (χ1n) is 5.41. The van der Waals surface area contributed by atoms with E-state index in [0.29, 0.717) is 20.5 Å². The molecule has 0 aliphatic heterocycles. The molecule has 2 aromatic rings. The highest BCUT2D eigenvalue weighted by Gasteiger charge is 2.12. The Labute approximate surface area is 128 Å². The van der Waals surface area contributed by atoms with Gasteiger partial charge in [0.1, 0.15) is 23.5 Å². The Morgan fingerprint density at radius 1 is 1.45 bits per heavy atom. The zero-order valence-corrected chi connectivity index (χ0v) is 12.7. The van der Waals surface area contributed by atoms with Crippen molar-refractivity contribution in [2.75, 3.05) is 0 Å². The number of hydrogen-bond donors (Lipinski definition) is 0. The first-order valence-corrected chi connectivity index (χ1v) is 7.02. The monoisotopic (exact) mass is 346 g/mol. The summed E-state index contributed by atoms with van der Waals surface area (Å²) in [6.45, 7) is 1.88. The standard InChI is InChI=1S/C13H7BrN4OS/c1-8-2-3-17-13(18-8)20-12-11(14)5-10(19-12)4-9(6-15)7-16/h2-5H,1H3. The van der Waals surface area contributed by atoms with Gasteiger partial charge < -0.3 is 4.42 Å². The number of furan rings is 1.